The van der Waals surface area contributed by atoms with Gasteiger partial charge >= 0.3 is 5.97 Å². The van der Waals surface area contributed by atoms with Crippen LogP contribution in [-0.4, -0.2) is 23.8 Å². The predicted molar refractivity (Wildman–Crippen MR) is 30.8 cm³/mol. The predicted octanol–water partition coefficient (Wildman–Crippen LogP) is 0.0744. The van der Waals surface area contributed by atoms with Crippen LogP contribution < -0.4 is 0 Å². The minimum Gasteiger partial charge on any atom is -0.462 e. The second-order valence-corrected chi connectivity index (χ2v) is 2.16. The molecule has 1 aliphatic rings. The van der Waals surface area contributed by atoms with E-state index >= 15 is 0 Å². The van der Waals surface area contributed by atoms with Crippen LogP contribution in [0.1, 0.15) is 19.3 Å². The second-order valence-electron chi connectivity index (χ2n) is 2.16. The maximum atomic E-state index is 10.4. The third kappa shape index (κ3) is 1.68. The van der Waals surface area contributed by atoms with Crippen LogP contribution in [0.2, 0.25) is 0 Å². The average Bonchev–Trinajstić information content (AvgIpc) is 2.17. The number of rotatable bonds is 2. The number of carbonyl (C=O) groups is 1. The summed E-state index contributed by atoms with van der Waals surface area (Å²) in [5.74, 6) is -0.131. The van der Waals surface area contributed by atoms with Crippen LogP contribution in [0.3, 0.4) is 0 Å². The summed E-state index contributed by atoms with van der Waals surface area (Å²) in [5, 5.41) is 8.42. The molecule has 0 amide bonds. The summed E-state index contributed by atoms with van der Waals surface area (Å²) < 4.78 is 4.80. The minimum absolute atomic E-state index is 0.0116. The number of aliphatic hydroxyl groups excluding tert-OH is 1. The quantitative estimate of drug-likeness (QED) is 0.538. The lowest BCUT2D eigenvalue weighted by atomic mass is 10.2. The van der Waals surface area contributed by atoms with E-state index in [0.29, 0.717) is 12.8 Å². The van der Waals surface area contributed by atoms with Crippen molar-refractivity contribution in [3.63, 3.8) is 0 Å². The zero-order valence-corrected chi connectivity index (χ0v) is 5.17. The SMILES string of the molecule is O=C1CCC(CCO)O1. The molecule has 1 atom stereocenters. The van der Waals surface area contributed by atoms with Crippen LogP contribution in [-0.2, 0) is 9.53 Å². The molecule has 1 fully saturated rings. The van der Waals surface area contributed by atoms with Crippen molar-refractivity contribution < 1.29 is 14.6 Å². The first kappa shape index (κ1) is 6.55. The minimum atomic E-state index is -0.131. The number of cyclic esters (lactones) is 1. The monoisotopic (exact) mass is 130 g/mol. The topological polar surface area (TPSA) is 46.5 Å². The number of carbonyl (C=O) groups excluding carboxylic acids is 1. The molecule has 0 saturated carbocycles. The van der Waals surface area contributed by atoms with Gasteiger partial charge < -0.3 is 9.84 Å². The molecule has 1 rings (SSSR count). The highest BCUT2D eigenvalue weighted by Crippen LogP contribution is 2.15. The van der Waals surface area contributed by atoms with Gasteiger partial charge in [-0.05, 0) is 6.42 Å². The van der Waals surface area contributed by atoms with Crippen molar-refractivity contribution in [3.8, 4) is 0 Å². The maximum Gasteiger partial charge on any atom is 0.306 e. The van der Waals surface area contributed by atoms with Crippen LogP contribution in [0.15, 0.2) is 0 Å². The van der Waals surface area contributed by atoms with Crippen LogP contribution in [0.5, 0.6) is 0 Å². The molecule has 1 N–H and O–H groups in total. The highest BCUT2D eigenvalue weighted by Gasteiger charge is 2.21. The zero-order chi connectivity index (χ0) is 6.69. The number of aliphatic hydroxyl groups is 1. The largest absolute Gasteiger partial charge is 0.462 e. The molecule has 1 saturated heterocycles. The Morgan fingerprint density at radius 1 is 1.78 bits per heavy atom. The summed E-state index contributed by atoms with van der Waals surface area (Å²) in [5.41, 5.74) is 0. The van der Waals surface area contributed by atoms with E-state index in [1.165, 1.54) is 0 Å². The second kappa shape index (κ2) is 2.82. The summed E-state index contributed by atoms with van der Waals surface area (Å²) in [7, 11) is 0. The smallest absolute Gasteiger partial charge is 0.306 e. The van der Waals surface area contributed by atoms with E-state index in [1.54, 1.807) is 0 Å². The third-order valence-corrected chi connectivity index (χ3v) is 1.42. The van der Waals surface area contributed by atoms with E-state index in [-0.39, 0.29) is 18.7 Å². The summed E-state index contributed by atoms with van der Waals surface area (Å²) in [6.45, 7) is 0.109. The fourth-order valence-corrected chi connectivity index (χ4v) is 0.930. The van der Waals surface area contributed by atoms with Gasteiger partial charge in [0.05, 0.1) is 0 Å². The fourth-order valence-electron chi connectivity index (χ4n) is 0.930. The highest BCUT2D eigenvalue weighted by atomic mass is 16.5. The Bertz CT molecular complexity index is 111. The average molecular weight is 130 g/mol. The van der Waals surface area contributed by atoms with Crippen LogP contribution in [0.25, 0.3) is 0 Å². The van der Waals surface area contributed by atoms with Gasteiger partial charge in [0, 0.05) is 19.4 Å². The van der Waals surface area contributed by atoms with Crippen LogP contribution in [0.4, 0.5) is 0 Å². The Balaban J connectivity index is 2.22. The lowest BCUT2D eigenvalue weighted by Gasteiger charge is -2.04. The number of ether oxygens (including phenoxy) is 1. The fraction of sp³-hybridized carbons (Fsp3) is 0.833. The Morgan fingerprint density at radius 2 is 2.56 bits per heavy atom. The molecule has 1 heterocycles. The summed E-state index contributed by atoms with van der Waals surface area (Å²) in [4.78, 5) is 10.4. The van der Waals surface area contributed by atoms with E-state index in [0.717, 1.165) is 6.42 Å². The van der Waals surface area contributed by atoms with Crippen LogP contribution in [0, 0.1) is 0 Å². The first-order valence-corrected chi connectivity index (χ1v) is 3.13. The molecule has 0 radical (unpaired) electrons. The van der Waals surface area contributed by atoms with Crippen molar-refractivity contribution in [2.75, 3.05) is 6.61 Å². The van der Waals surface area contributed by atoms with E-state index in [9.17, 15) is 4.79 Å². The molecule has 3 nitrogen and oxygen atoms in total. The van der Waals surface area contributed by atoms with Crippen molar-refractivity contribution in [1.29, 1.82) is 0 Å². The lowest BCUT2D eigenvalue weighted by Crippen LogP contribution is -2.08. The van der Waals surface area contributed by atoms with Crippen molar-refractivity contribution in [2.24, 2.45) is 0 Å². The van der Waals surface area contributed by atoms with Gasteiger partial charge in [-0.1, -0.05) is 0 Å². The van der Waals surface area contributed by atoms with Crippen molar-refractivity contribution in [3.05, 3.63) is 0 Å². The third-order valence-electron chi connectivity index (χ3n) is 1.42. The Hall–Kier alpha value is -0.570. The van der Waals surface area contributed by atoms with Crippen molar-refractivity contribution in [1.82, 2.24) is 0 Å². The summed E-state index contributed by atoms with van der Waals surface area (Å²) in [6.07, 6.45) is 1.87. The maximum absolute atomic E-state index is 10.4. The lowest BCUT2D eigenvalue weighted by molar-refractivity contribution is -0.141. The molecular weight excluding hydrogens is 120 g/mol. The van der Waals surface area contributed by atoms with E-state index in [1.807, 2.05) is 0 Å². The standard InChI is InChI=1S/C6H10O3/c7-4-3-5-1-2-6(8)9-5/h5,7H,1-4H2. The van der Waals surface area contributed by atoms with E-state index in [2.05, 4.69) is 0 Å². The van der Waals surface area contributed by atoms with Gasteiger partial charge in [0.2, 0.25) is 0 Å². The number of hydrogen-bond donors (Lipinski definition) is 1. The molecule has 0 aromatic heterocycles. The molecule has 1 unspecified atom stereocenters. The molecule has 0 aliphatic carbocycles. The van der Waals surface area contributed by atoms with Gasteiger partial charge in [-0.15, -0.1) is 0 Å². The summed E-state index contributed by atoms with van der Waals surface area (Å²) in [6, 6.07) is 0. The van der Waals surface area contributed by atoms with Gasteiger partial charge in [-0.25, -0.2) is 0 Å². The first-order valence-electron chi connectivity index (χ1n) is 3.13. The van der Waals surface area contributed by atoms with E-state index in [4.69, 9.17) is 9.84 Å². The molecule has 9 heavy (non-hydrogen) atoms. The van der Waals surface area contributed by atoms with Gasteiger partial charge in [0.15, 0.2) is 0 Å². The van der Waals surface area contributed by atoms with Gasteiger partial charge in [-0.2, -0.15) is 0 Å². The van der Waals surface area contributed by atoms with Crippen LogP contribution >= 0.6 is 0 Å². The molecule has 52 valence electrons. The normalized spacial score (nSPS) is 26.3. The molecule has 0 spiro atoms. The number of hydrogen-bond acceptors (Lipinski definition) is 3. The summed E-state index contributed by atoms with van der Waals surface area (Å²) >= 11 is 0. The van der Waals surface area contributed by atoms with E-state index < -0.39 is 0 Å². The Labute approximate surface area is 53.6 Å². The number of esters is 1. The highest BCUT2D eigenvalue weighted by molar-refractivity contribution is 5.71. The van der Waals surface area contributed by atoms with Gasteiger partial charge in [0.25, 0.3) is 0 Å². The first-order chi connectivity index (χ1) is 4.33. The molecule has 1 aliphatic heterocycles. The Morgan fingerprint density at radius 3 is 3.00 bits per heavy atom. The van der Waals surface area contributed by atoms with Gasteiger partial charge in [-0.3, -0.25) is 4.79 Å². The molecule has 0 aromatic carbocycles. The Kier molecular flexibility index (Phi) is 2.05. The molecule has 3 heteroatoms. The van der Waals surface area contributed by atoms with Crippen molar-refractivity contribution in [2.45, 2.75) is 25.4 Å². The van der Waals surface area contributed by atoms with Gasteiger partial charge in [0.1, 0.15) is 6.10 Å². The molecule has 0 aromatic rings. The zero-order valence-electron chi connectivity index (χ0n) is 5.17. The molecule has 0 bridgehead atoms. The van der Waals surface area contributed by atoms with Crippen molar-refractivity contribution >= 4 is 5.97 Å². The molecular formula is C6H10O3.